The number of carbonyl (C=O) groups excluding carboxylic acids is 1. The maximum Gasteiger partial charge on any atom is 0.259 e. The smallest absolute Gasteiger partial charge is 0.259 e. The molecule has 0 aliphatic rings. The van der Waals surface area contributed by atoms with Crippen LogP contribution >= 0.6 is 24.0 Å². The number of ether oxygens (including phenoxy) is 3. The van der Waals surface area contributed by atoms with Crippen LogP contribution in [0.1, 0.15) is 5.56 Å². The van der Waals surface area contributed by atoms with Crippen LogP contribution in [0.5, 0.6) is 17.2 Å². The number of nitrogens with zero attached hydrogens (tertiary/aromatic N) is 2. The third-order valence-electron chi connectivity index (χ3n) is 3.85. The molecule has 1 amide bonds. The maximum atomic E-state index is 11.6. The normalized spacial score (nSPS) is 10.6. The molecule has 0 saturated heterocycles. The molecule has 0 saturated carbocycles. The Kier molecular flexibility index (Phi) is 10.1. The van der Waals surface area contributed by atoms with Gasteiger partial charge in [0.15, 0.2) is 24.1 Å². The summed E-state index contributed by atoms with van der Waals surface area (Å²) in [5, 5.41) is 3.02. The molecule has 0 spiro atoms. The van der Waals surface area contributed by atoms with Crippen molar-refractivity contribution in [1.29, 1.82) is 0 Å². The fourth-order valence-corrected chi connectivity index (χ4v) is 2.29. The quantitative estimate of drug-likeness (QED) is 0.320. The van der Waals surface area contributed by atoms with Crippen molar-refractivity contribution in [2.24, 2.45) is 10.7 Å². The second kappa shape index (κ2) is 12.0. The predicted octanol–water partition coefficient (Wildman–Crippen LogP) is 2.72. The number of hydrogen-bond acceptors (Lipinski definition) is 5. The molecule has 2 aromatic carbocycles. The van der Waals surface area contributed by atoms with E-state index in [2.05, 4.69) is 10.3 Å². The van der Waals surface area contributed by atoms with Gasteiger partial charge < -0.3 is 30.2 Å². The minimum atomic E-state index is -0.105. The summed E-state index contributed by atoms with van der Waals surface area (Å²) in [6.07, 6.45) is 0. The summed E-state index contributed by atoms with van der Waals surface area (Å²) >= 11 is 0. The number of anilines is 1. The SMILES string of the molecule is COc1ccc(NC(N)=NCc2cccc(OCC(=O)N(C)C)c2)cc1OC.I. The van der Waals surface area contributed by atoms with Gasteiger partial charge in [-0.25, -0.2) is 4.99 Å². The van der Waals surface area contributed by atoms with Crippen molar-refractivity contribution in [3.63, 3.8) is 0 Å². The molecule has 158 valence electrons. The van der Waals surface area contributed by atoms with Crippen LogP contribution in [0, 0.1) is 0 Å². The van der Waals surface area contributed by atoms with E-state index in [1.54, 1.807) is 46.5 Å². The molecule has 0 aromatic heterocycles. The number of hydrogen-bond donors (Lipinski definition) is 2. The van der Waals surface area contributed by atoms with Gasteiger partial charge in [0.1, 0.15) is 5.75 Å². The minimum Gasteiger partial charge on any atom is -0.493 e. The summed E-state index contributed by atoms with van der Waals surface area (Å²) < 4.78 is 16.0. The topological polar surface area (TPSA) is 98.4 Å². The van der Waals surface area contributed by atoms with Crippen LogP contribution in [0.2, 0.25) is 0 Å². The molecule has 29 heavy (non-hydrogen) atoms. The average Bonchev–Trinajstić information content (AvgIpc) is 2.70. The van der Waals surface area contributed by atoms with E-state index in [-0.39, 0.29) is 42.5 Å². The van der Waals surface area contributed by atoms with E-state index >= 15 is 0 Å². The number of likely N-dealkylation sites (N-methyl/N-ethyl adjacent to an activating group) is 1. The van der Waals surface area contributed by atoms with Crippen molar-refractivity contribution in [3.05, 3.63) is 48.0 Å². The molecule has 0 aliphatic heterocycles. The molecule has 0 bridgehead atoms. The fraction of sp³-hybridized carbons (Fsp3) is 0.300. The lowest BCUT2D eigenvalue weighted by molar-refractivity contribution is -0.130. The van der Waals surface area contributed by atoms with Crippen molar-refractivity contribution >= 4 is 41.5 Å². The molecule has 0 unspecified atom stereocenters. The third kappa shape index (κ3) is 7.68. The highest BCUT2D eigenvalue weighted by Crippen LogP contribution is 2.29. The Morgan fingerprint density at radius 2 is 1.83 bits per heavy atom. The van der Waals surface area contributed by atoms with Gasteiger partial charge in [0.2, 0.25) is 0 Å². The predicted molar refractivity (Wildman–Crippen MR) is 125 cm³/mol. The number of aliphatic imine (C=N–C) groups is 1. The first kappa shape index (κ1) is 24.3. The zero-order valence-electron chi connectivity index (χ0n) is 17.0. The molecule has 8 nitrogen and oxygen atoms in total. The number of carbonyl (C=O) groups is 1. The number of guanidine groups is 1. The van der Waals surface area contributed by atoms with Crippen molar-refractivity contribution in [2.75, 3.05) is 40.2 Å². The lowest BCUT2D eigenvalue weighted by Crippen LogP contribution is -2.27. The molecule has 0 heterocycles. The van der Waals surface area contributed by atoms with Gasteiger partial charge in [-0.2, -0.15) is 0 Å². The van der Waals surface area contributed by atoms with Crippen molar-refractivity contribution in [1.82, 2.24) is 4.90 Å². The molecule has 0 aliphatic carbocycles. The van der Waals surface area contributed by atoms with E-state index < -0.39 is 0 Å². The van der Waals surface area contributed by atoms with E-state index in [0.717, 1.165) is 11.3 Å². The molecule has 0 atom stereocenters. The Balaban J connectivity index is 0.00000420. The Morgan fingerprint density at radius 1 is 1.10 bits per heavy atom. The molecule has 9 heteroatoms. The zero-order valence-corrected chi connectivity index (χ0v) is 19.3. The number of nitrogens with two attached hydrogens (primary N) is 1. The Labute approximate surface area is 188 Å². The molecule has 2 rings (SSSR count). The van der Waals surface area contributed by atoms with Crippen molar-refractivity contribution < 1.29 is 19.0 Å². The second-order valence-corrected chi connectivity index (χ2v) is 6.12. The third-order valence-corrected chi connectivity index (χ3v) is 3.85. The molecule has 3 N–H and O–H groups in total. The van der Waals surface area contributed by atoms with Gasteiger partial charge in [-0.3, -0.25) is 4.79 Å². The number of rotatable bonds is 8. The molecule has 2 aromatic rings. The van der Waals surface area contributed by atoms with Crippen molar-refractivity contribution in [3.8, 4) is 17.2 Å². The van der Waals surface area contributed by atoms with E-state index in [1.807, 2.05) is 24.3 Å². The number of halogens is 1. The maximum absolute atomic E-state index is 11.6. The van der Waals surface area contributed by atoms with E-state index in [4.69, 9.17) is 19.9 Å². The van der Waals surface area contributed by atoms with Crippen LogP contribution in [-0.4, -0.2) is 51.7 Å². The van der Waals surface area contributed by atoms with Gasteiger partial charge in [0.05, 0.1) is 20.8 Å². The fourth-order valence-electron chi connectivity index (χ4n) is 2.29. The Morgan fingerprint density at radius 3 is 2.48 bits per heavy atom. The highest BCUT2D eigenvalue weighted by atomic mass is 127. The van der Waals surface area contributed by atoms with Crippen LogP contribution in [0.4, 0.5) is 5.69 Å². The van der Waals surface area contributed by atoms with Crippen LogP contribution in [0.15, 0.2) is 47.5 Å². The number of benzene rings is 2. The molecule has 0 radical (unpaired) electrons. The first-order valence-corrected chi connectivity index (χ1v) is 8.63. The van der Waals surface area contributed by atoms with Gasteiger partial charge in [-0.05, 0) is 29.8 Å². The lowest BCUT2D eigenvalue weighted by Gasteiger charge is -2.12. The number of nitrogens with one attached hydrogen (secondary N) is 1. The standard InChI is InChI=1S/C20H26N4O4.HI/c1-24(2)19(25)13-28-16-7-5-6-14(10-16)12-22-20(21)23-15-8-9-17(26-3)18(11-15)27-4;/h5-11H,12-13H2,1-4H3,(H3,21,22,23);1H. The lowest BCUT2D eigenvalue weighted by atomic mass is 10.2. The van der Waals surface area contributed by atoms with Crippen molar-refractivity contribution in [2.45, 2.75) is 6.54 Å². The molecule has 0 fully saturated rings. The molecular formula is C20H27IN4O4. The van der Waals surface area contributed by atoms with Gasteiger partial charge in [-0.15, -0.1) is 24.0 Å². The van der Waals surface area contributed by atoms with Crippen LogP contribution in [-0.2, 0) is 11.3 Å². The van der Waals surface area contributed by atoms with Gasteiger partial charge >= 0.3 is 0 Å². The van der Waals surface area contributed by atoms with Gasteiger partial charge in [0, 0.05) is 25.8 Å². The van der Waals surface area contributed by atoms with Crippen LogP contribution in [0.25, 0.3) is 0 Å². The first-order valence-electron chi connectivity index (χ1n) is 8.63. The highest BCUT2D eigenvalue weighted by molar-refractivity contribution is 14.0. The highest BCUT2D eigenvalue weighted by Gasteiger charge is 2.06. The second-order valence-electron chi connectivity index (χ2n) is 6.12. The van der Waals surface area contributed by atoms with Gasteiger partial charge in [0.25, 0.3) is 5.91 Å². The van der Waals surface area contributed by atoms with E-state index in [9.17, 15) is 4.79 Å². The average molecular weight is 514 g/mol. The summed E-state index contributed by atoms with van der Waals surface area (Å²) in [6.45, 7) is 0.355. The Bertz CT molecular complexity index is 843. The first-order chi connectivity index (χ1) is 13.4. The number of methoxy groups -OCH3 is 2. The summed E-state index contributed by atoms with van der Waals surface area (Å²) in [5.41, 5.74) is 7.61. The molecular weight excluding hydrogens is 487 g/mol. The summed E-state index contributed by atoms with van der Waals surface area (Å²) in [6, 6.07) is 12.8. The van der Waals surface area contributed by atoms with Crippen LogP contribution < -0.4 is 25.3 Å². The number of amides is 1. The minimum absolute atomic E-state index is 0. The zero-order chi connectivity index (χ0) is 20.5. The van der Waals surface area contributed by atoms with Gasteiger partial charge in [-0.1, -0.05) is 12.1 Å². The van der Waals surface area contributed by atoms with Crippen LogP contribution in [0.3, 0.4) is 0 Å². The van der Waals surface area contributed by atoms with E-state index in [1.165, 1.54) is 4.90 Å². The summed E-state index contributed by atoms with van der Waals surface area (Å²) in [4.78, 5) is 17.4. The summed E-state index contributed by atoms with van der Waals surface area (Å²) in [7, 11) is 6.52. The summed E-state index contributed by atoms with van der Waals surface area (Å²) in [5.74, 6) is 1.99. The largest absolute Gasteiger partial charge is 0.493 e. The monoisotopic (exact) mass is 514 g/mol. The Hall–Kier alpha value is -2.69. The van der Waals surface area contributed by atoms with E-state index in [0.29, 0.717) is 23.8 Å².